The number of nitro benzene ring substituents is 1. The molecular weight excluding hydrogens is 210 g/mol. The Morgan fingerprint density at radius 2 is 1.88 bits per heavy atom. The van der Waals surface area contributed by atoms with Crippen LogP contribution in [-0.4, -0.2) is 10.9 Å². The lowest BCUT2D eigenvalue weighted by molar-refractivity contribution is -0.384. The summed E-state index contributed by atoms with van der Waals surface area (Å²) in [5.41, 5.74) is -1.16. The van der Waals surface area contributed by atoms with Gasteiger partial charge in [-0.3, -0.25) is 14.9 Å². The topological polar surface area (TPSA) is 69.4 Å². The summed E-state index contributed by atoms with van der Waals surface area (Å²) >= 11 is 0. The molecule has 5 nitrogen and oxygen atoms in total. The van der Waals surface area contributed by atoms with Crippen molar-refractivity contribution < 1.29 is 14.5 Å². The first-order valence-electron chi connectivity index (χ1n) is 4.48. The lowest BCUT2D eigenvalue weighted by Gasteiger charge is -2.15. The molecular formula is C11H11NO4. The molecule has 0 aromatic heterocycles. The van der Waals surface area contributed by atoms with Crippen molar-refractivity contribution in [1.29, 1.82) is 0 Å². The highest BCUT2D eigenvalue weighted by atomic mass is 16.6. The molecule has 0 amide bonds. The monoisotopic (exact) mass is 221 g/mol. The molecule has 0 saturated heterocycles. The minimum atomic E-state index is -1.10. The number of carbonyl (C=O) groups excluding carboxylic acids is 1. The summed E-state index contributed by atoms with van der Waals surface area (Å²) in [6, 6.07) is 5.21. The van der Waals surface area contributed by atoms with Crippen molar-refractivity contribution in [3.05, 3.63) is 48.2 Å². The van der Waals surface area contributed by atoms with Crippen LogP contribution in [0.4, 0.5) is 5.69 Å². The van der Waals surface area contributed by atoms with Gasteiger partial charge in [0.1, 0.15) is 5.75 Å². The normalized spacial score (nSPS) is 10.9. The summed E-state index contributed by atoms with van der Waals surface area (Å²) in [5.74, 6) is -0.365. The first-order valence-corrected chi connectivity index (χ1v) is 4.48. The zero-order valence-corrected chi connectivity index (χ0v) is 8.80. The number of rotatable bonds is 3. The van der Waals surface area contributed by atoms with Gasteiger partial charge >= 0.3 is 5.97 Å². The molecule has 0 spiro atoms. The molecule has 2 radical (unpaired) electrons. The first-order chi connectivity index (χ1) is 7.30. The third-order valence-electron chi connectivity index (χ3n) is 1.75. The molecule has 0 atom stereocenters. The number of non-ortho nitro benzene ring substituents is 1. The highest BCUT2D eigenvalue weighted by Gasteiger charge is 2.24. The van der Waals surface area contributed by atoms with Crippen LogP contribution in [0.25, 0.3) is 0 Å². The number of nitrogens with zero attached hydrogens (tertiary/aromatic N) is 1. The van der Waals surface area contributed by atoms with Crippen LogP contribution in [0.15, 0.2) is 24.3 Å². The lowest BCUT2D eigenvalue weighted by atomic mass is 9.97. The molecule has 16 heavy (non-hydrogen) atoms. The number of hydrogen-bond donors (Lipinski definition) is 0. The zero-order chi connectivity index (χ0) is 12.3. The smallest absolute Gasteiger partial charge is 0.317 e. The summed E-state index contributed by atoms with van der Waals surface area (Å²) in [5, 5.41) is 10.4. The third kappa shape index (κ3) is 3.05. The van der Waals surface area contributed by atoms with Crippen molar-refractivity contribution >= 4 is 11.7 Å². The fourth-order valence-corrected chi connectivity index (χ4v) is 0.866. The highest BCUT2D eigenvalue weighted by molar-refractivity contribution is 5.80. The Bertz CT molecular complexity index is 403. The van der Waals surface area contributed by atoms with Crippen LogP contribution in [0, 0.1) is 29.4 Å². The maximum atomic E-state index is 11.4. The number of carbonyl (C=O) groups is 1. The number of hydrogen-bond acceptors (Lipinski definition) is 4. The van der Waals surface area contributed by atoms with Gasteiger partial charge in [-0.25, -0.2) is 0 Å². The highest BCUT2D eigenvalue weighted by Crippen LogP contribution is 2.21. The van der Waals surface area contributed by atoms with Crippen molar-refractivity contribution in [3.63, 3.8) is 0 Å². The Morgan fingerprint density at radius 3 is 2.25 bits per heavy atom. The quantitative estimate of drug-likeness (QED) is 0.339. The molecule has 5 heteroatoms. The Morgan fingerprint density at radius 1 is 1.38 bits per heavy atom. The predicted octanol–water partition coefficient (Wildman–Crippen LogP) is 2.17. The van der Waals surface area contributed by atoms with E-state index in [-0.39, 0.29) is 11.4 Å². The molecule has 0 N–H and O–H groups in total. The van der Waals surface area contributed by atoms with Crippen LogP contribution in [-0.2, 0) is 4.79 Å². The minimum absolute atomic E-state index is 0.0631. The maximum absolute atomic E-state index is 11.4. The van der Waals surface area contributed by atoms with Gasteiger partial charge in [-0.1, -0.05) is 0 Å². The van der Waals surface area contributed by atoms with E-state index >= 15 is 0 Å². The zero-order valence-electron chi connectivity index (χ0n) is 8.80. The maximum Gasteiger partial charge on any atom is 0.317 e. The number of benzene rings is 1. The SMILES string of the molecule is [CH2]C([CH2])(C)C(=O)Oc1ccc([N+](=O)[O-])cc1. The van der Waals surface area contributed by atoms with Crippen molar-refractivity contribution in [2.75, 3.05) is 0 Å². The van der Waals surface area contributed by atoms with Crippen molar-refractivity contribution in [2.24, 2.45) is 5.41 Å². The van der Waals surface area contributed by atoms with E-state index in [0.717, 1.165) is 0 Å². The average molecular weight is 221 g/mol. The summed E-state index contributed by atoms with van der Waals surface area (Å²) in [7, 11) is 0. The van der Waals surface area contributed by atoms with E-state index < -0.39 is 16.3 Å². The molecule has 0 aliphatic rings. The largest absolute Gasteiger partial charge is 0.426 e. The second-order valence-corrected chi connectivity index (χ2v) is 3.70. The molecule has 0 heterocycles. The van der Waals surface area contributed by atoms with E-state index in [1.807, 2.05) is 0 Å². The van der Waals surface area contributed by atoms with Gasteiger partial charge in [0.25, 0.3) is 5.69 Å². The van der Waals surface area contributed by atoms with E-state index in [2.05, 4.69) is 13.8 Å². The van der Waals surface area contributed by atoms with E-state index in [1.165, 1.54) is 31.2 Å². The van der Waals surface area contributed by atoms with Crippen molar-refractivity contribution in [1.82, 2.24) is 0 Å². The van der Waals surface area contributed by atoms with Gasteiger partial charge in [-0.15, -0.1) is 0 Å². The number of esters is 1. The molecule has 0 fully saturated rings. The molecule has 1 aromatic carbocycles. The first kappa shape index (κ1) is 12.2. The Hall–Kier alpha value is -1.91. The van der Waals surface area contributed by atoms with Crippen LogP contribution in [0.1, 0.15) is 6.92 Å². The minimum Gasteiger partial charge on any atom is -0.426 e. The molecule has 84 valence electrons. The van der Waals surface area contributed by atoms with Gasteiger partial charge < -0.3 is 4.74 Å². The van der Waals surface area contributed by atoms with Gasteiger partial charge in [0.2, 0.25) is 0 Å². The Kier molecular flexibility index (Phi) is 3.27. The lowest BCUT2D eigenvalue weighted by Crippen LogP contribution is -2.26. The average Bonchev–Trinajstić information content (AvgIpc) is 2.17. The summed E-state index contributed by atoms with van der Waals surface area (Å²) in [6.45, 7) is 8.55. The molecule has 0 aliphatic carbocycles. The summed E-state index contributed by atoms with van der Waals surface area (Å²) < 4.78 is 4.93. The van der Waals surface area contributed by atoms with E-state index in [4.69, 9.17) is 4.74 Å². The van der Waals surface area contributed by atoms with Gasteiger partial charge in [0.05, 0.1) is 10.3 Å². The fraction of sp³-hybridized carbons (Fsp3) is 0.182. The third-order valence-corrected chi connectivity index (χ3v) is 1.75. The predicted molar refractivity (Wildman–Crippen MR) is 57.6 cm³/mol. The summed E-state index contributed by atoms with van der Waals surface area (Å²) in [6.07, 6.45) is 0. The fourth-order valence-electron chi connectivity index (χ4n) is 0.866. The van der Waals surface area contributed by atoms with Gasteiger partial charge in [-0.2, -0.15) is 0 Å². The van der Waals surface area contributed by atoms with Crippen molar-refractivity contribution in [3.8, 4) is 5.75 Å². The van der Waals surface area contributed by atoms with E-state index in [9.17, 15) is 14.9 Å². The van der Waals surface area contributed by atoms with Crippen LogP contribution in [0.3, 0.4) is 0 Å². The Balaban J connectivity index is 2.77. The van der Waals surface area contributed by atoms with Gasteiger partial charge in [0, 0.05) is 12.1 Å². The molecule has 0 saturated carbocycles. The van der Waals surface area contributed by atoms with Crippen LogP contribution < -0.4 is 4.74 Å². The standard InChI is InChI=1S/C11H11NO4/c1-11(2,3)10(13)16-9-6-4-8(5-7-9)12(14)15/h4-7H,1-2H2,3H3. The molecule has 0 aliphatic heterocycles. The molecule has 0 bridgehead atoms. The van der Waals surface area contributed by atoms with Gasteiger partial charge in [0.15, 0.2) is 0 Å². The molecule has 1 rings (SSSR count). The Labute approximate surface area is 93.2 Å². The summed E-state index contributed by atoms with van der Waals surface area (Å²) in [4.78, 5) is 21.2. The second kappa shape index (κ2) is 4.30. The number of ether oxygens (including phenoxy) is 1. The molecule has 0 unspecified atom stereocenters. The second-order valence-electron chi connectivity index (χ2n) is 3.70. The van der Waals surface area contributed by atoms with Crippen LogP contribution in [0.2, 0.25) is 0 Å². The van der Waals surface area contributed by atoms with E-state index in [1.54, 1.807) is 0 Å². The number of nitro groups is 1. The molecule has 1 aromatic rings. The van der Waals surface area contributed by atoms with E-state index in [0.29, 0.717) is 0 Å². The van der Waals surface area contributed by atoms with Crippen LogP contribution >= 0.6 is 0 Å². The van der Waals surface area contributed by atoms with Crippen LogP contribution in [0.5, 0.6) is 5.75 Å². The van der Waals surface area contributed by atoms with Gasteiger partial charge in [-0.05, 0) is 32.9 Å². The van der Waals surface area contributed by atoms with Crippen molar-refractivity contribution in [2.45, 2.75) is 6.92 Å².